The lowest BCUT2D eigenvalue weighted by Gasteiger charge is -2.25. The summed E-state index contributed by atoms with van der Waals surface area (Å²) in [5, 5.41) is 5.98. The van der Waals surface area contributed by atoms with Gasteiger partial charge in [0.25, 0.3) is 5.91 Å². The first kappa shape index (κ1) is 24.1. The van der Waals surface area contributed by atoms with Crippen molar-refractivity contribution < 1.29 is 9.59 Å². The van der Waals surface area contributed by atoms with Crippen LogP contribution in [0.2, 0.25) is 0 Å². The summed E-state index contributed by atoms with van der Waals surface area (Å²) in [6.45, 7) is 8.21. The third kappa shape index (κ3) is 6.39. The number of nitrogens with zero attached hydrogens (tertiary/aromatic N) is 3. The normalized spacial score (nSPS) is 11.8. The van der Waals surface area contributed by atoms with E-state index in [-0.39, 0.29) is 17.6 Å². The summed E-state index contributed by atoms with van der Waals surface area (Å²) in [5.74, 6) is 0.195. The molecule has 0 fully saturated rings. The lowest BCUT2D eigenvalue weighted by atomic mass is 10.1. The van der Waals surface area contributed by atoms with Crippen molar-refractivity contribution in [3.05, 3.63) is 41.2 Å². The highest BCUT2D eigenvalue weighted by Crippen LogP contribution is 2.25. The maximum atomic E-state index is 12.0. The Balaban J connectivity index is 2.29. The molecule has 9 nitrogen and oxygen atoms in total. The Kier molecular flexibility index (Phi) is 8.32. The molecule has 0 aliphatic carbocycles. The zero-order chi connectivity index (χ0) is 23.1. The van der Waals surface area contributed by atoms with Crippen molar-refractivity contribution in [1.29, 1.82) is 0 Å². The minimum Gasteiger partial charge on any atom is -0.364 e. The number of primary amides is 1. The van der Waals surface area contributed by atoms with E-state index in [2.05, 4.69) is 29.5 Å². The van der Waals surface area contributed by atoms with E-state index in [9.17, 15) is 9.59 Å². The molecule has 0 bridgehead atoms. The summed E-state index contributed by atoms with van der Waals surface area (Å²) in [7, 11) is 1.94. The van der Waals surface area contributed by atoms with Gasteiger partial charge < -0.3 is 27.0 Å². The van der Waals surface area contributed by atoms with Gasteiger partial charge in [-0.15, -0.1) is 0 Å². The van der Waals surface area contributed by atoms with Crippen molar-refractivity contribution in [2.45, 2.75) is 52.6 Å². The molecule has 9 heteroatoms. The van der Waals surface area contributed by atoms with Gasteiger partial charge in [0, 0.05) is 25.3 Å². The molecule has 6 N–H and O–H groups in total. The van der Waals surface area contributed by atoms with Gasteiger partial charge in [-0.3, -0.25) is 9.59 Å². The molecule has 1 unspecified atom stereocenters. The molecule has 0 spiro atoms. The summed E-state index contributed by atoms with van der Waals surface area (Å²) < 4.78 is 0. The van der Waals surface area contributed by atoms with E-state index in [0.717, 1.165) is 11.3 Å². The molecular formula is C22H33N7O2. The number of carbonyl (C=O) groups is 2. The Morgan fingerprint density at radius 3 is 2.48 bits per heavy atom. The molecule has 0 radical (unpaired) electrons. The first-order valence-electron chi connectivity index (χ1n) is 10.5. The third-order valence-corrected chi connectivity index (χ3v) is 4.94. The molecule has 0 saturated carbocycles. The van der Waals surface area contributed by atoms with Crippen LogP contribution in [0, 0.1) is 0 Å². The smallest absolute Gasteiger partial charge is 0.271 e. The van der Waals surface area contributed by atoms with Crippen LogP contribution in [0.5, 0.6) is 0 Å². The van der Waals surface area contributed by atoms with Gasteiger partial charge in [0.1, 0.15) is 0 Å². The quantitative estimate of drug-likeness (QED) is 0.453. The van der Waals surface area contributed by atoms with Crippen LogP contribution in [-0.4, -0.2) is 47.5 Å². The van der Waals surface area contributed by atoms with E-state index in [1.54, 1.807) is 6.92 Å². The largest absolute Gasteiger partial charge is 0.364 e. The van der Waals surface area contributed by atoms with Crippen LogP contribution in [0.15, 0.2) is 24.3 Å². The maximum absolute atomic E-state index is 12.0. The van der Waals surface area contributed by atoms with E-state index < -0.39 is 11.9 Å². The predicted molar refractivity (Wildman–Crippen MR) is 124 cm³/mol. The van der Waals surface area contributed by atoms with E-state index >= 15 is 0 Å². The number of aromatic nitrogens is 2. The van der Waals surface area contributed by atoms with Gasteiger partial charge in [-0.25, -0.2) is 9.97 Å². The highest BCUT2D eigenvalue weighted by molar-refractivity contribution is 5.96. The topological polar surface area (TPSA) is 139 Å². The number of nitrogens with one attached hydrogen (secondary N) is 2. The number of anilines is 3. The fourth-order valence-electron chi connectivity index (χ4n) is 2.92. The molecule has 168 valence electrons. The van der Waals surface area contributed by atoms with Crippen LogP contribution in [-0.2, 0) is 17.6 Å². The molecule has 31 heavy (non-hydrogen) atoms. The summed E-state index contributed by atoms with van der Waals surface area (Å²) in [4.78, 5) is 34.9. The van der Waals surface area contributed by atoms with Gasteiger partial charge in [-0.1, -0.05) is 19.1 Å². The van der Waals surface area contributed by atoms with Gasteiger partial charge in [0.05, 0.1) is 11.7 Å². The highest BCUT2D eigenvalue weighted by atomic mass is 16.2. The number of rotatable bonds is 10. The van der Waals surface area contributed by atoms with Crippen molar-refractivity contribution in [1.82, 2.24) is 15.3 Å². The molecule has 2 aromatic rings. The van der Waals surface area contributed by atoms with Crippen molar-refractivity contribution >= 4 is 29.1 Å². The number of nitrogens with two attached hydrogens (primary N) is 2. The van der Waals surface area contributed by atoms with Crippen molar-refractivity contribution in [3.63, 3.8) is 0 Å². The van der Waals surface area contributed by atoms with Gasteiger partial charge in [-0.05, 0) is 51.3 Å². The zero-order valence-corrected chi connectivity index (χ0v) is 18.9. The second-order valence-corrected chi connectivity index (χ2v) is 7.77. The average Bonchev–Trinajstić information content (AvgIpc) is 2.72. The van der Waals surface area contributed by atoms with E-state index in [1.165, 1.54) is 0 Å². The number of aryl methyl sites for hydroxylation is 1. The van der Waals surface area contributed by atoms with Gasteiger partial charge in [0.15, 0.2) is 17.3 Å². The third-order valence-electron chi connectivity index (χ3n) is 4.94. The van der Waals surface area contributed by atoms with Crippen LogP contribution >= 0.6 is 0 Å². The second kappa shape index (κ2) is 10.7. The molecule has 0 saturated heterocycles. The summed E-state index contributed by atoms with van der Waals surface area (Å²) in [6.07, 6.45) is 1.26. The van der Waals surface area contributed by atoms with Gasteiger partial charge in [0.2, 0.25) is 5.91 Å². The lowest BCUT2D eigenvalue weighted by molar-refractivity contribution is -0.121. The summed E-state index contributed by atoms with van der Waals surface area (Å²) in [5.41, 5.74) is 13.7. The molecule has 0 aliphatic heterocycles. The minimum absolute atomic E-state index is 0.104. The van der Waals surface area contributed by atoms with E-state index in [0.29, 0.717) is 36.7 Å². The molecule has 1 aromatic carbocycles. The summed E-state index contributed by atoms with van der Waals surface area (Å²) >= 11 is 0. The van der Waals surface area contributed by atoms with Crippen molar-refractivity contribution in [2.75, 3.05) is 23.8 Å². The summed E-state index contributed by atoms with van der Waals surface area (Å²) in [6, 6.07) is 7.33. The molecule has 1 atom stereocenters. The van der Waals surface area contributed by atoms with Gasteiger partial charge in [-0.2, -0.15) is 0 Å². The van der Waals surface area contributed by atoms with Crippen molar-refractivity contribution in [2.24, 2.45) is 11.5 Å². The molecular weight excluding hydrogens is 394 g/mol. The highest BCUT2D eigenvalue weighted by Gasteiger charge is 2.20. The number of benzene rings is 1. The Labute approximate surface area is 183 Å². The fraction of sp³-hybridized carbons (Fsp3) is 0.455. The average molecular weight is 428 g/mol. The number of hydrogen-bond donors (Lipinski definition) is 4. The molecule has 2 rings (SSSR count). The standard InChI is InChI=1S/C22H33N7O2/c1-6-17-21(29(5)13(2)3)28-20(18(27-17)19(24)30)26-16-9-7-8-15(12-16)10-11-25-22(31)14(4)23/h7-9,12-14H,6,10-11,23H2,1-5H3,(H2,24,30)(H,25,31)(H,26,28). The van der Waals surface area contributed by atoms with Crippen LogP contribution < -0.4 is 27.0 Å². The number of amides is 2. The predicted octanol–water partition coefficient (Wildman–Crippen LogP) is 1.73. The molecule has 0 aliphatic rings. The Bertz CT molecular complexity index is 928. The maximum Gasteiger partial charge on any atom is 0.271 e. The van der Waals surface area contributed by atoms with Crippen LogP contribution in [0.4, 0.5) is 17.3 Å². The monoisotopic (exact) mass is 427 g/mol. The lowest BCUT2D eigenvalue weighted by Crippen LogP contribution is -2.39. The van der Waals surface area contributed by atoms with E-state index in [1.807, 2.05) is 43.1 Å². The van der Waals surface area contributed by atoms with Gasteiger partial charge >= 0.3 is 0 Å². The Morgan fingerprint density at radius 2 is 1.90 bits per heavy atom. The molecule has 2 amide bonds. The number of hydrogen-bond acceptors (Lipinski definition) is 7. The van der Waals surface area contributed by atoms with Crippen LogP contribution in [0.1, 0.15) is 49.4 Å². The molecule has 1 heterocycles. The van der Waals surface area contributed by atoms with Crippen LogP contribution in [0.25, 0.3) is 0 Å². The number of carbonyl (C=O) groups excluding carboxylic acids is 2. The fourth-order valence-corrected chi connectivity index (χ4v) is 2.92. The zero-order valence-electron chi connectivity index (χ0n) is 18.9. The first-order valence-corrected chi connectivity index (χ1v) is 10.5. The first-order chi connectivity index (χ1) is 14.6. The Hall–Kier alpha value is -3.20. The molecule has 1 aromatic heterocycles. The van der Waals surface area contributed by atoms with E-state index in [4.69, 9.17) is 16.5 Å². The Morgan fingerprint density at radius 1 is 1.19 bits per heavy atom. The minimum atomic E-state index is -0.641. The van der Waals surface area contributed by atoms with Crippen molar-refractivity contribution in [3.8, 4) is 0 Å². The second-order valence-electron chi connectivity index (χ2n) is 7.77. The SMILES string of the molecule is CCc1nc(C(N)=O)c(Nc2cccc(CCNC(=O)C(C)N)c2)nc1N(C)C(C)C. The van der Waals surface area contributed by atoms with Crippen LogP contribution in [0.3, 0.4) is 0 Å².